The van der Waals surface area contributed by atoms with Crippen LogP contribution in [-0.2, 0) is 5.75 Å². The van der Waals surface area contributed by atoms with Crippen molar-refractivity contribution < 1.29 is 4.74 Å². The van der Waals surface area contributed by atoms with E-state index < -0.39 is 0 Å². The van der Waals surface area contributed by atoms with Crippen molar-refractivity contribution in [3.8, 4) is 23.1 Å². The fourth-order valence-electron chi connectivity index (χ4n) is 2.30. The minimum atomic E-state index is -0.0981. The zero-order valence-electron chi connectivity index (χ0n) is 13.4. The van der Waals surface area contributed by atoms with Gasteiger partial charge in [-0.2, -0.15) is 10.2 Å². The number of aromatic nitrogens is 2. The van der Waals surface area contributed by atoms with Crippen LogP contribution in [0.1, 0.15) is 5.56 Å². The number of nitrogens with zero attached hydrogens (tertiary/aromatic N) is 3. The molecule has 3 rings (SSSR count). The lowest BCUT2D eigenvalue weighted by Gasteiger charge is -2.12. The molecule has 0 aliphatic rings. The third-order valence-corrected chi connectivity index (χ3v) is 4.35. The summed E-state index contributed by atoms with van der Waals surface area (Å²) in [5.74, 6) is 1.39. The highest BCUT2D eigenvalue weighted by Crippen LogP contribution is 2.35. The Labute approximate surface area is 150 Å². The van der Waals surface area contributed by atoms with E-state index in [0.717, 1.165) is 11.3 Å². The van der Waals surface area contributed by atoms with Crippen LogP contribution < -0.4 is 10.5 Å². The lowest BCUT2D eigenvalue weighted by Crippen LogP contribution is -2.05. The summed E-state index contributed by atoms with van der Waals surface area (Å²) in [5.41, 5.74) is 8.80. The summed E-state index contributed by atoms with van der Waals surface area (Å²) in [4.78, 5) is 8.86. The number of benzene rings is 2. The summed E-state index contributed by atoms with van der Waals surface area (Å²) >= 11 is 1.47. The van der Waals surface area contributed by atoms with Crippen molar-refractivity contribution in [1.82, 2.24) is 9.97 Å². The smallest absolute Gasteiger partial charge is 0.228 e. The first kappa shape index (κ1) is 16.8. The quantitative estimate of drug-likeness (QED) is 0.537. The Morgan fingerprint density at radius 2 is 1.68 bits per heavy atom. The fraction of sp³-hybridized carbons (Fsp3) is 0.105. The number of nitriles is 1. The Morgan fingerprint density at radius 3 is 2.36 bits per heavy atom. The molecule has 0 aliphatic carbocycles. The van der Waals surface area contributed by atoms with Gasteiger partial charge in [0.15, 0.2) is 11.8 Å². The van der Waals surface area contributed by atoms with E-state index in [4.69, 9.17) is 15.7 Å². The molecule has 0 aliphatic heterocycles. The number of hydrogen-bond donors (Lipinski definition) is 1. The van der Waals surface area contributed by atoms with Gasteiger partial charge in [-0.25, -0.2) is 4.98 Å². The van der Waals surface area contributed by atoms with Gasteiger partial charge in [0.05, 0.1) is 5.56 Å². The molecule has 5 nitrogen and oxygen atoms in total. The highest BCUT2D eigenvalue weighted by molar-refractivity contribution is 7.98. The Kier molecular flexibility index (Phi) is 5.50. The zero-order chi connectivity index (χ0) is 17.5. The van der Waals surface area contributed by atoms with Crippen molar-refractivity contribution in [1.29, 1.82) is 5.26 Å². The average molecular weight is 348 g/mol. The number of nitrogens with two attached hydrogens (primary N) is 1. The predicted octanol–water partition coefficient (Wildman–Crippen LogP) is 3.92. The van der Waals surface area contributed by atoms with Crippen LogP contribution in [0.5, 0.6) is 5.88 Å². The van der Waals surface area contributed by atoms with E-state index in [9.17, 15) is 0 Å². The van der Waals surface area contributed by atoms with E-state index in [1.54, 1.807) is 0 Å². The van der Waals surface area contributed by atoms with Crippen LogP contribution in [0.3, 0.4) is 0 Å². The maximum Gasteiger partial charge on any atom is 0.228 e. The molecule has 0 unspecified atom stereocenters. The molecule has 2 N–H and O–H groups in total. The summed E-state index contributed by atoms with van der Waals surface area (Å²) in [5, 5.41) is 9.35. The summed E-state index contributed by atoms with van der Waals surface area (Å²) in [6, 6.07) is 21.5. The molecular formula is C19H16N4OS. The fourth-order valence-corrected chi connectivity index (χ4v) is 3.10. The molecule has 0 amide bonds. The van der Waals surface area contributed by atoms with Crippen LogP contribution in [0.15, 0.2) is 65.8 Å². The molecule has 6 heteroatoms. The molecule has 0 fully saturated rings. The molecule has 2 aromatic carbocycles. The SMILES string of the molecule is N#CCOc1nc(SCc2ccccc2)nc(N)c1-c1ccccc1. The summed E-state index contributed by atoms with van der Waals surface area (Å²) in [6.45, 7) is -0.0981. The summed E-state index contributed by atoms with van der Waals surface area (Å²) in [7, 11) is 0. The Bertz CT molecular complexity index is 879. The van der Waals surface area contributed by atoms with Gasteiger partial charge in [0, 0.05) is 5.75 Å². The zero-order valence-corrected chi connectivity index (χ0v) is 14.2. The van der Waals surface area contributed by atoms with Crippen molar-refractivity contribution in [3.05, 3.63) is 66.2 Å². The van der Waals surface area contributed by atoms with E-state index in [2.05, 4.69) is 9.97 Å². The van der Waals surface area contributed by atoms with E-state index >= 15 is 0 Å². The monoisotopic (exact) mass is 348 g/mol. The molecule has 1 heterocycles. The molecule has 0 radical (unpaired) electrons. The second-order valence-electron chi connectivity index (χ2n) is 5.16. The van der Waals surface area contributed by atoms with Gasteiger partial charge >= 0.3 is 0 Å². The minimum Gasteiger partial charge on any atom is -0.462 e. The van der Waals surface area contributed by atoms with Crippen LogP contribution in [0.4, 0.5) is 5.82 Å². The third kappa shape index (κ3) is 4.28. The first-order valence-electron chi connectivity index (χ1n) is 7.67. The average Bonchev–Trinajstić information content (AvgIpc) is 2.66. The van der Waals surface area contributed by atoms with Gasteiger partial charge in [0.1, 0.15) is 11.9 Å². The largest absolute Gasteiger partial charge is 0.462 e. The van der Waals surface area contributed by atoms with Crippen molar-refractivity contribution in [2.24, 2.45) is 0 Å². The molecule has 124 valence electrons. The normalized spacial score (nSPS) is 10.2. The van der Waals surface area contributed by atoms with Gasteiger partial charge in [0.2, 0.25) is 5.88 Å². The molecule has 0 saturated heterocycles. The Hall–Kier alpha value is -3.04. The number of thioether (sulfide) groups is 1. The van der Waals surface area contributed by atoms with Gasteiger partial charge in [0.25, 0.3) is 0 Å². The lowest BCUT2D eigenvalue weighted by atomic mass is 10.1. The van der Waals surface area contributed by atoms with Crippen molar-refractivity contribution >= 4 is 17.6 Å². The second-order valence-corrected chi connectivity index (χ2v) is 6.10. The van der Waals surface area contributed by atoms with Gasteiger partial charge in [-0.15, -0.1) is 0 Å². The van der Waals surface area contributed by atoms with Crippen LogP contribution in [-0.4, -0.2) is 16.6 Å². The van der Waals surface area contributed by atoms with Gasteiger partial charge in [-0.3, -0.25) is 0 Å². The van der Waals surface area contributed by atoms with Gasteiger partial charge in [-0.05, 0) is 11.1 Å². The Balaban J connectivity index is 1.91. The van der Waals surface area contributed by atoms with Crippen LogP contribution >= 0.6 is 11.8 Å². The van der Waals surface area contributed by atoms with E-state index in [1.165, 1.54) is 17.3 Å². The van der Waals surface area contributed by atoms with E-state index in [1.807, 2.05) is 66.7 Å². The number of hydrogen-bond acceptors (Lipinski definition) is 6. The van der Waals surface area contributed by atoms with E-state index in [0.29, 0.717) is 22.4 Å². The third-order valence-electron chi connectivity index (χ3n) is 3.43. The molecule has 25 heavy (non-hydrogen) atoms. The highest BCUT2D eigenvalue weighted by atomic mass is 32.2. The first-order chi connectivity index (χ1) is 12.3. The Morgan fingerprint density at radius 1 is 1.00 bits per heavy atom. The van der Waals surface area contributed by atoms with Gasteiger partial charge < -0.3 is 10.5 Å². The standard InChI is InChI=1S/C19H16N4OS/c20-11-12-24-18-16(15-9-5-2-6-10-15)17(21)22-19(23-18)25-13-14-7-3-1-4-8-14/h1-10H,12-13H2,(H2,21,22,23). The number of nitrogen functional groups attached to an aromatic ring is 1. The highest BCUT2D eigenvalue weighted by Gasteiger charge is 2.16. The summed E-state index contributed by atoms with van der Waals surface area (Å²) in [6.07, 6.45) is 0. The molecule has 0 spiro atoms. The minimum absolute atomic E-state index is 0.0981. The number of ether oxygens (including phenoxy) is 1. The van der Waals surface area contributed by atoms with Crippen LogP contribution in [0.25, 0.3) is 11.1 Å². The molecule has 0 atom stereocenters. The molecule has 1 aromatic heterocycles. The summed E-state index contributed by atoms with van der Waals surface area (Å²) < 4.78 is 5.51. The van der Waals surface area contributed by atoms with Crippen LogP contribution in [0.2, 0.25) is 0 Å². The second kappa shape index (κ2) is 8.18. The number of anilines is 1. The topological polar surface area (TPSA) is 84.8 Å². The van der Waals surface area contributed by atoms with Crippen LogP contribution in [0, 0.1) is 11.3 Å². The molecule has 0 bridgehead atoms. The lowest BCUT2D eigenvalue weighted by molar-refractivity contribution is 0.351. The maximum atomic E-state index is 8.82. The van der Waals surface area contributed by atoms with Crippen molar-refractivity contribution in [2.75, 3.05) is 12.3 Å². The van der Waals surface area contributed by atoms with Crippen molar-refractivity contribution in [3.63, 3.8) is 0 Å². The molecular weight excluding hydrogens is 332 g/mol. The molecule has 0 saturated carbocycles. The predicted molar refractivity (Wildman–Crippen MR) is 99.0 cm³/mol. The van der Waals surface area contributed by atoms with E-state index in [-0.39, 0.29) is 6.61 Å². The first-order valence-corrected chi connectivity index (χ1v) is 8.66. The molecule has 3 aromatic rings. The van der Waals surface area contributed by atoms with Gasteiger partial charge in [-0.1, -0.05) is 72.4 Å². The van der Waals surface area contributed by atoms with Crippen molar-refractivity contribution in [2.45, 2.75) is 10.9 Å². The number of rotatable bonds is 6. The maximum absolute atomic E-state index is 8.82.